The van der Waals surface area contributed by atoms with Crippen LogP contribution in [0.2, 0.25) is 0 Å². The highest BCUT2D eigenvalue weighted by molar-refractivity contribution is 6.20. The molecule has 3 aliphatic carbocycles. The number of hydrogen-bond donors (Lipinski definition) is 1. The molecule has 1 N–H and O–H groups in total. The number of allylic oxidation sites excluding steroid dienone is 2. The van der Waals surface area contributed by atoms with Crippen molar-refractivity contribution in [3.8, 4) is 17.2 Å². The van der Waals surface area contributed by atoms with Crippen LogP contribution in [0.15, 0.2) is 59.7 Å². The number of aliphatic hydroxyl groups is 1. The van der Waals surface area contributed by atoms with Gasteiger partial charge in [0.1, 0.15) is 5.75 Å². The van der Waals surface area contributed by atoms with Crippen LogP contribution in [0.25, 0.3) is 5.57 Å². The third-order valence-electron chi connectivity index (χ3n) is 8.26. The average molecular weight is 461 g/mol. The van der Waals surface area contributed by atoms with Crippen molar-refractivity contribution in [1.82, 2.24) is 0 Å². The summed E-state index contributed by atoms with van der Waals surface area (Å²) >= 11 is 0. The molecule has 2 aromatic rings. The molecule has 5 aliphatic rings. The van der Waals surface area contributed by atoms with E-state index in [-0.39, 0.29) is 12.2 Å². The molecule has 176 valence electrons. The zero-order valence-electron chi connectivity index (χ0n) is 19.6. The second-order valence-corrected chi connectivity index (χ2v) is 10.2. The van der Waals surface area contributed by atoms with E-state index in [1.54, 1.807) is 43.5 Å². The lowest BCUT2D eigenvalue weighted by Crippen LogP contribution is -2.48. The molecule has 2 aromatic carbocycles. The maximum absolute atomic E-state index is 13.3. The first-order chi connectivity index (χ1) is 16.3. The molecule has 1 saturated carbocycles. The van der Waals surface area contributed by atoms with Crippen molar-refractivity contribution >= 4 is 11.5 Å². The Balaban J connectivity index is 1.48. The molecule has 2 aliphatic heterocycles. The molecular weight excluding hydrogens is 432 g/mol. The maximum atomic E-state index is 13.3. The van der Waals surface area contributed by atoms with Gasteiger partial charge in [-0.05, 0) is 78.5 Å². The Labute approximate surface area is 198 Å². The summed E-state index contributed by atoms with van der Waals surface area (Å²) in [4.78, 5) is 13.3. The monoisotopic (exact) mass is 460 g/mol. The molecule has 1 fully saturated rings. The topological polar surface area (TPSA) is 74.2 Å². The number of hydrogen-bond acceptors (Lipinski definition) is 6. The Morgan fingerprint density at radius 3 is 2.56 bits per heavy atom. The summed E-state index contributed by atoms with van der Waals surface area (Å²) in [5, 5.41) is 11.9. The summed E-state index contributed by atoms with van der Waals surface area (Å²) in [6, 6.07) is 12.4. The second-order valence-electron chi connectivity index (χ2n) is 10.2. The lowest BCUT2D eigenvalue weighted by atomic mass is 9.48. The molecule has 3 atom stereocenters. The Morgan fingerprint density at radius 2 is 1.85 bits per heavy atom. The van der Waals surface area contributed by atoms with Gasteiger partial charge in [-0.1, -0.05) is 31.6 Å². The van der Waals surface area contributed by atoms with Gasteiger partial charge in [0.25, 0.3) is 5.79 Å². The molecule has 34 heavy (non-hydrogen) atoms. The minimum Gasteiger partial charge on any atom is -0.497 e. The summed E-state index contributed by atoms with van der Waals surface area (Å²) in [6.45, 7) is 4.78. The van der Waals surface area contributed by atoms with Gasteiger partial charge in [0.05, 0.1) is 12.7 Å². The minimum atomic E-state index is -1.86. The fourth-order valence-electron chi connectivity index (χ4n) is 6.02. The summed E-state index contributed by atoms with van der Waals surface area (Å²) in [5.74, 6) is 0.611. The molecule has 0 aromatic heterocycles. The Bertz CT molecular complexity index is 1240. The third kappa shape index (κ3) is 3.01. The Hall–Kier alpha value is -3.25. The van der Waals surface area contributed by atoms with Crippen molar-refractivity contribution in [3.63, 3.8) is 0 Å². The molecule has 0 radical (unpaired) electrons. The quantitative estimate of drug-likeness (QED) is 0.502. The predicted octanol–water partition coefficient (Wildman–Crippen LogP) is 4.96. The molecule has 0 spiro atoms. The number of fused-ring (bicyclic) bond motifs is 2. The van der Waals surface area contributed by atoms with E-state index in [0.29, 0.717) is 57.8 Å². The predicted molar refractivity (Wildman–Crippen MR) is 125 cm³/mol. The third-order valence-corrected chi connectivity index (χ3v) is 8.26. The standard InChI is InChI=1S/C28H28O6/c1-27(2)19-6-4-16(21(27)14-19)12-22-25(17-5-11-23-24(13-17)33-15-32-23)26(29)34-28(22,30)18-7-9-20(31-3)10-8-18/h4-5,7-11,13,19,21,30H,6,12,14-15H2,1-3H3. The zero-order valence-corrected chi connectivity index (χ0v) is 19.6. The van der Waals surface area contributed by atoms with Crippen molar-refractivity contribution in [1.29, 1.82) is 0 Å². The van der Waals surface area contributed by atoms with E-state index < -0.39 is 11.8 Å². The average Bonchev–Trinajstić information content (AvgIpc) is 3.41. The smallest absolute Gasteiger partial charge is 0.342 e. The van der Waals surface area contributed by atoms with Crippen molar-refractivity contribution in [2.24, 2.45) is 17.3 Å². The zero-order chi connectivity index (χ0) is 23.7. The second kappa shape index (κ2) is 7.37. The largest absolute Gasteiger partial charge is 0.497 e. The molecule has 7 rings (SSSR count). The summed E-state index contributed by atoms with van der Waals surface area (Å²) in [5.41, 5.74) is 3.59. The van der Waals surface area contributed by atoms with E-state index in [0.717, 1.165) is 12.8 Å². The molecular formula is C28H28O6. The number of rotatable bonds is 5. The molecule has 3 unspecified atom stereocenters. The highest BCUT2D eigenvalue weighted by Crippen LogP contribution is 2.61. The van der Waals surface area contributed by atoms with Crippen molar-refractivity contribution in [3.05, 3.63) is 70.8 Å². The fourth-order valence-corrected chi connectivity index (χ4v) is 6.02. The highest BCUT2D eigenvalue weighted by Gasteiger charge is 2.54. The molecule has 6 heteroatoms. The lowest BCUT2D eigenvalue weighted by Gasteiger charge is -2.56. The normalized spacial score (nSPS) is 28.4. The highest BCUT2D eigenvalue weighted by atomic mass is 16.7. The van der Waals surface area contributed by atoms with Crippen molar-refractivity contribution in [2.45, 2.75) is 38.9 Å². The van der Waals surface area contributed by atoms with Gasteiger partial charge in [-0.2, -0.15) is 0 Å². The summed E-state index contributed by atoms with van der Waals surface area (Å²) in [7, 11) is 1.59. The minimum absolute atomic E-state index is 0.149. The first-order valence-corrected chi connectivity index (χ1v) is 11.7. The molecule has 2 heterocycles. The number of ether oxygens (including phenoxy) is 4. The van der Waals surface area contributed by atoms with Crippen LogP contribution >= 0.6 is 0 Å². The van der Waals surface area contributed by atoms with Crippen molar-refractivity contribution in [2.75, 3.05) is 13.9 Å². The number of cyclic esters (lactones) is 1. The van der Waals surface area contributed by atoms with Crippen LogP contribution in [0.5, 0.6) is 17.2 Å². The number of methoxy groups -OCH3 is 1. The van der Waals surface area contributed by atoms with Crippen LogP contribution in [0.4, 0.5) is 0 Å². The number of carbonyl (C=O) groups is 1. The Kier molecular flexibility index (Phi) is 4.62. The number of esters is 1. The van der Waals surface area contributed by atoms with Gasteiger partial charge in [-0.25, -0.2) is 4.79 Å². The first-order valence-electron chi connectivity index (χ1n) is 11.7. The molecule has 6 nitrogen and oxygen atoms in total. The van der Waals surface area contributed by atoms with Gasteiger partial charge in [-0.3, -0.25) is 0 Å². The van der Waals surface area contributed by atoms with E-state index in [4.69, 9.17) is 18.9 Å². The van der Waals surface area contributed by atoms with E-state index in [2.05, 4.69) is 19.9 Å². The van der Waals surface area contributed by atoms with Gasteiger partial charge in [0.15, 0.2) is 11.5 Å². The van der Waals surface area contributed by atoms with Crippen LogP contribution in [-0.2, 0) is 15.3 Å². The number of carbonyl (C=O) groups excluding carboxylic acids is 1. The van der Waals surface area contributed by atoms with Crippen LogP contribution in [-0.4, -0.2) is 25.0 Å². The SMILES string of the molecule is COc1ccc(C2(O)OC(=O)C(c3ccc4c(c3)OCO4)=C2CC2=CCC3CC2C3(C)C)cc1. The van der Waals surface area contributed by atoms with Crippen LogP contribution in [0.1, 0.15) is 44.2 Å². The van der Waals surface area contributed by atoms with Gasteiger partial charge in [-0.15, -0.1) is 0 Å². The van der Waals surface area contributed by atoms with Gasteiger partial charge in [0, 0.05) is 11.1 Å². The first kappa shape index (κ1) is 21.3. The van der Waals surface area contributed by atoms with Crippen LogP contribution in [0.3, 0.4) is 0 Å². The lowest BCUT2D eigenvalue weighted by molar-refractivity contribution is -0.185. The van der Waals surface area contributed by atoms with Crippen LogP contribution in [0, 0.1) is 17.3 Å². The maximum Gasteiger partial charge on any atom is 0.342 e. The van der Waals surface area contributed by atoms with Gasteiger partial charge < -0.3 is 24.1 Å². The number of benzene rings is 2. The van der Waals surface area contributed by atoms with E-state index in [1.165, 1.54) is 5.57 Å². The molecule has 2 bridgehead atoms. The molecule has 0 saturated heterocycles. The summed E-state index contributed by atoms with van der Waals surface area (Å²) in [6.07, 6.45) is 4.95. The molecule has 0 amide bonds. The van der Waals surface area contributed by atoms with E-state index >= 15 is 0 Å². The van der Waals surface area contributed by atoms with Gasteiger partial charge >= 0.3 is 5.97 Å². The van der Waals surface area contributed by atoms with Crippen molar-refractivity contribution < 1.29 is 28.8 Å². The fraction of sp³-hybridized carbons (Fsp3) is 0.393. The van der Waals surface area contributed by atoms with E-state index in [1.807, 2.05) is 6.07 Å². The van der Waals surface area contributed by atoms with Gasteiger partial charge in [0.2, 0.25) is 6.79 Å². The van der Waals surface area contributed by atoms with Crippen LogP contribution < -0.4 is 14.2 Å². The Morgan fingerprint density at radius 1 is 1.09 bits per heavy atom. The van der Waals surface area contributed by atoms with E-state index in [9.17, 15) is 9.90 Å². The summed E-state index contributed by atoms with van der Waals surface area (Å²) < 4.78 is 22.0.